The summed E-state index contributed by atoms with van der Waals surface area (Å²) in [6, 6.07) is 8.32. The van der Waals surface area contributed by atoms with Crippen LogP contribution >= 0.6 is 11.8 Å². The number of nitrogens with one attached hydrogen (secondary N) is 1. The van der Waals surface area contributed by atoms with Gasteiger partial charge in [0, 0.05) is 17.3 Å². The molecule has 1 aromatic heterocycles. The van der Waals surface area contributed by atoms with Crippen LogP contribution in [0.5, 0.6) is 11.6 Å². The molecule has 7 nitrogen and oxygen atoms in total. The number of amides is 1. The monoisotopic (exact) mass is 332 g/mol. The Balaban J connectivity index is 1.86. The largest absolute Gasteiger partial charge is 0.507 e. The van der Waals surface area contributed by atoms with E-state index in [0.29, 0.717) is 16.6 Å². The van der Waals surface area contributed by atoms with Crippen LogP contribution in [0.3, 0.4) is 0 Å². The molecule has 0 aliphatic rings. The molecule has 1 heterocycles. The molecular formula is C15H16N4O3S. The van der Waals surface area contributed by atoms with Gasteiger partial charge in [-0.25, -0.2) is 10.4 Å². The lowest BCUT2D eigenvalue weighted by molar-refractivity contribution is -0.123. The zero-order valence-electron chi connectivity index (χ0n) is 12.7. The number of aryl methyl sites for hydroxylation is 1. The second-order valence-corrected chi connectivity index (χ2v) is 5.25. The van der Waals surface area contributed by atoms with E-state index in [1.54, 1.807) is 24.3 Å². The van der Waals surface area contributed by atoms with Crippen LogP contribution in [0.1, 0.15) is 11.3 Å². The lowest BCUT2D eigenvalue weighted by atomic mass is 10.2. The number of aromatic nitrogens is 2. The van der Waals surface area contributed by atoms with Gasteiger partial charge in [0.1, 0.15) is 5.75 Å². The average molecular weight is 332 g/mol. The number of thioether (sulfide) groups is 1. The van der Waals surface area contributed by atoms with E-state index in [1.165, 1.54) is 24.0 Å². The van der Waals surface area contributed by atoms with Gasteiger partial charge in [0.25, 0.3) is 5.91 Å². The smallest absolute Gasteiger partial charge is 0.278 e. The first-order valence-corrected chi connectivity index (χ1v) is 7.93. The summed E-state index contributed by atoms with van der Waals surface area (Å²) in [5, 5.41) is 13.9. The van der Waals surface area contributed by atoms with Gasteiger partial charge in [-0.1, -0.05) is 23.9 Å². The highest BCUT2D eigenvalue weighted by atomic mass is 32.2. The van der Waals surface area contributed by atoms with Crippen molar-refractivity contribution < 1.29 is 14.6 Å². The first kappa shape index (κ1) is 16.8. The highest BCUT2D eigenvalue weighted by Crippen LogP contribution is 2.15. The van der Waals surface area contributed by atoms with E-state index in [4.69, 9.17) is 4.74 Å². The van der Waals surface area contributed by atoms with Gasteiger partial charge in [0.15, 0.2) is 11.8 Å². The maximum atomic E-state index is 11.7. The fraction of sp³-hybridized carbons (Fsp3) is 0.200. The van der Waals surface area contributed by atoms with Gasteiger partial charge in [-0.15, -0.1) is 0 Å². The van der Waals surface area contributed by atoms with Crippen molar-refractivity contribution >= 4 is 23.9 Å². The van der Waals surface area contributed by atoms with Crippen molar-refractivity contribution in [2.24, 2.45) is 5.10 Å². The number of hydrogen-bond donors (Lipinski definition) is 2. The maximum absolute atomic E-state index is 11.7. The van der Waals surface area contributed by atoms with Gasteiger partial charge in [-0.2, -0.15) is 10.1 Å². The quantitative estimate of drug-likeness (QED) is 0.362. The lowest BCUT2D eigenvalue weighted by Crippen LogP contribution is -2.24. The first-order chi connectivity index (χ1) is 11.1. The second kappa shape index (κ2) is 8.14. The van der Waals surface area contributed by atoms with E-state index < -0.39 is 5.91 Å². The van der Waals surface area contributed by atoms with Crippen molar-refractivity contribution in [2.45, 2.75) is 12.1 Å². The number of para-hydroxylation sites is 1. The molecule has 0 aliphatic heterocycles. The van der Waals surface area contributed by atoms with Crippen molar-refractivity contribution in [1.82, 2.24) is 15.4 Å². The number of rotatable bonds is 6. The van der Waals surface area contributed by atoms with E-state index >= 15 is 0 Å². The average Bonchev–Trinajstić information content (AvgIpc) is 2.54. The maximum Gasteiger partial charge on any atom is 0.278 e. The van der Waals surface area contributed by atoms with E-state index in [2.05, 4.69) is 20.5 Å². The van der Waals surface area contributed by atoms with Crippen LogP contribution in [0.25, 0.3) is 0 Å². The number of aromatic hydroxyl groups is 1. The fourth-order valence-corrected chi connectivity index (χ4v) is 2.04. The SMILES string of the molecule is CSc1nc(C)cc(OCC(=O)N/N=C\c2ccccc2O)n1. The highest BCUT2D eigenvalue weighted by molar-refractivity contribution is 7.98. The molecule has 1 aromatic carbocycles. The summed E-state index contributed by atoms with van der Waals surface area (Å²) in [6.45, 7) is 1.60. The number of nitrogens with zero attached hydrogens (tertiary/aromatic N) is 3. The molecule has 23 heavy (non-hydrogen) atoms. The number of hydrazone groups is 1. The van der Waals surface area contributed by atoms with Gasteiger partial charge < -0.3 is 9.84 Å². The molecule has 2 aromatic rings. The summed E-state index contributed by atoms with van der Waals surface area (Å²) in [7, 11) is 0. The van der Waals surface area contributed by atoms with Gasteiger partial charge in [0.05, 0.1) is 6.21 Å². The summed E-state index contributed by atoms with van der Waals surface area (Å²) in [5.41, 5.74) is 3.58. The minimum Gasteiger partial charge on any atom is -0.507 e. The van der Waals surface area contributed by atoms with Gasteiger partial charge >= 0.3 is 0 Å². The van der Waals surface area contributed by atoms with E-state index in [1.807, 2.05) is 13.2 Å². The Labute approximate surface area is 137 Å². The zero-order valence-corrected chi connectivity index (χ0v) is 13.5. The van der Waals surface area contributed by atoms with Gasteiger partial charge in [0.2, 0.25) is 5.88 Å². The third-order valence-electron chi connectivity index (χ3n) is 2.67. The third-order valence-corrected chi connectivity index (χ3v) is 3.22. The summed E-state index contributed by atoms with van der Waals surface area (Å²) >= 11 is 1.39. The molecule has 2 rings (SSSR count). The molecule has 0 bridgehead atoms. The molecule has 0 spiro atoms. The first-order valence-electron chi connectivity index (χ1n) is 6.71. The van der Waals surface area contributed by atoms with Crippen molar-refractivity contribution in [3.63, 3.8) is 0 Å². The van der Waals surface area contributed by atoms with Crippen molar-refractivity contribution in [3.05, 3.63) is 41.6 Å². The number of benzene rings is 1. The molecular weight excluding hydrogens is 316 g/mol. The zero-order chi connectivity index (χ0) is 16.7. The highest BCUT2D eigenvalue weighted by Gasteiger charge is 2.05. The normalized spacial score (nSPS) is 10.7. The lowest BCUT2D eigenvalue weighted by Gasteiger charge is -2.06. The molecule has 1 amide bonds. The van der Waals surface area contributed by atoms with Crippen LogP contribution in [0.15, 0.2) is 40.6 Å². The van der Waals surface area contributed by atoms with Crippen molar-refractivity contribution in [3.8, 4) is 11.6 Å². The Morgan fingerprint density at radius 3 is 2.96 bits per heavy atom. The molecule has 0 atom stereocenters. The molecule has 120 valence electrons. The molecule has 0 aliphatic carbocycles. The van der Waals surface area contributed by atoms with Crippen molar-refractivity contribution in [2.75, 3.05) is 12.9 Å². The molecule has 0 fully saturated rings. The van der Waals surface area contributed by atoms with Gasteiger partial charge in [-0.3, -0.25) is 4.79 Å². The third kappa shape index (κ3) is 5.26. The summed E-state index contributed by atoms with van der Waals surface area (Å²) in [5.74, 6) is -0.0110. The van der Waals surface area contributed by atoms with Crippen LogP contribution in [0, 0.1) is 6.92 Å². The van der Waals surface area contributed by atoms with Crippen LogP contribution in [-0.2, 0) is 4.79 Å². The summed E-state index contributed by atoms with van der Waals surface area (Å²) in [4.78, 5) is 20.0. The van der Waals surface area contributed by atoms with Gasteiger partial charge in [-0.05, 0) is 25.3 Å². The summed E-state index contributed by atoms with van der Waals surface area (Å²) in [6.07, 6.45) is 3.22. The second-order valence-electron chi connectivity index (χ2n) is 4.47. The molecule has 0 unspecified atom stereocenters. The Kier molecular flexibility index (Phi) is 5.93. The Morgan fingerprint density at radius 2 is 2.22 bits per heavy atom. The van der Waals surface area contributed by atoms with E-state index in [-0.39, 0.29) is 12.4 Å². The Hall–Kier alpha value is -2.61. The number of ether oxygens (including phenoxy) is 1. The molecule has 8 heteroatoms. The van der Waals surface area contributed by atoms with Crippen molar-refractivity contribution in [1.29, 1.82) is 0 Å². The number of hydrogen-bond acceptors (Lipinski definition) is 7. The minimum atomic E-state index is -0.432. The number of phenolic OH excluding ortho intramolecular Hbond substituents is 1. The number of carbonyl (C=O) groups excluding carboxylic acids is 1. The predicted octanol–water partition coefficient (Wildman–Crippen LogP) is 1.74. The van der Waals surface area contributed by atoms with Crippen LogP contribution < -0.4 is 10.2 Å². The standard InChI is InChI=1S/C15H16N4O3S/c1-10-7-14(18-15(17-10)23-2)22-9-13(21)19-16-8-11-5-3-4-6-12(11)20/h3-8,20H,9H2,1-2H3,(H,19,21)/b16-8-. The van der Waals surface area contributed by atoms with Crippen LogP contribution in [-0.4, -0.2) is 40.1 Å². The topological polar surface area (TPSA) is 96.7 Å². The predicted molar refractivity (Wildman–Crippen MR) is 87.9 cm³/mol. The van der Waals surface area contributed by atoms with Crippen LogP contribution in [0.2, 0.25) is 0 Å². The molecule has 0 saturated heterocycles. The molecule has 2 N–H and O–H groups in total. The number of phenols is 1. The molecule has 0 radical (unpaired) electrons. The summed E-state index contributed by atoms with van der Waals surface area (Å²) < 4.78 is 5.32. The fourth-order valence-electron chi connectivity index (χ4n) is 1.62. The van der Waals surface area contributed by atoms with E-state index in [9.17, 15) is 9.90 Å². The molecule has 0 saturated carbocycles. The minimum absolute atomic E-state index is 0.0859. The van der Waals surface area contributed by atoms with Crippen LogP contribution in [0.4, 0.5) is 0 Å². The van der Waals surface area contributed by atoms with E-state index in [0.717, 1.165) is 5.69 Å². The number of carbonyl (C=O) groups is 1. The Bertz CT molecular complexity index is 722. The Morgan fingerprint density at radius 1 is 1.43 bits per heavy atom.